The van der Waals surface area contributed by atoms with E-state index in [1.165, 1.54) is 16.9 Å². The number of carbonyl (C=O) groups excluding carboxylic acids is 1. The second-order valence-corrected chi connectivity index (χ2v) is 11.2. The van der Waals surface area contributed by atoms with Gasteiger partial charge >= 0.3 is 5.97 Å². The van der Waals surface area contributed by atoms with Gasteiger partial charge in [0.2, 0.25) is 0 Å². The Hall–Kier alpha value is -3.61. The monoisotopic (exact) mass is 622 g/mol. The van der Waals surface area contributed by atoms with Crippen LogP contribution in [-0.4, -0.2) is 30.4 Å². The number of ether oxygens (including phenoxy) is 3. The van der Waals surface area contributed by atoms with Crippen LogP contribution in [0.25, 0.3) is 6.08 Å². The van der Waals surface area contributed by atoms with Crippen molar-refractivity contribution < 1.29 is 19.0 Å². The minimum absolute atomic E-state index is 0.0942. The van der Waals surface area contributed by atoms with E-state index in [1.807, 2.05) is 37.3 Å². The van der Waals surface area contributed by atoms with Crippen LogP contribution in [0.5, 0.6) is 11.5 Å². The molecule has 4 rings (SSSR count). The van der Waals surface area contributed by atoms with E-state index in [0.29, 0.717) is 49.1 Å². The molecular formula is C31H31BrN2O5S. The minimum atomic E-state index is -0.663. The Morgan fingerprint density at radius 2 is 1.93 bits per heavy atom. The van der Waals surface area contributed by atoms with E-state index in [2.05, 4.69) is 40.7 Å². The zero-order valence-corrected chi connectivity index (χ0v) is 25.5. The van der Waals surface area contributed by atoms with Gasteiger partial charge in [0, 0.05) is 0 Å². The number of hydrogen-bond acceptors (Lipinski definition) is 7. The number of fused-ring (bicyclic) bond motifs is 1. The van der Waals surface area contributed by atoms with Crippen molar-refractivity contribution in [2.24, 2.45) is 4.99 Å². The number of halogens is 1. The van der Waals surface area contributed by atoms with Crippen LogP contribution in [0.3, 0.4) is 0 Å². The van der Waals surface area contributed by atoms with Crippen molar-refractivity contribution >= 4 is 39.3 Å². The van der Waals surface area contributed by atoms with Crippen molar-refractivity contribution in [2.45, 2.75) is 46.6 Å². The molecule has 2 heterocycles. The Morgan fingerprint density at radius 1 is 1.20 bits per heavy atom. The summed E-state index contributed by atoms with van der Waals surface area (Å²) in [5, 5.41) is 0. The first-order valence-corrected chi connectivity index (χ1v) is 14.6. The molecule has 0 fully saturated rings. The lowest BCUT2D eigenvalue weighted by molar-refractivity contribution is -0.139. The number of allylic oxidation sites excluding steroid dienone is 1. The van der Waals surface area contributed by atoms with Crippen molar-refractivity contribution in [2.75, 3.05) is 19.8 Å². The van der Waals surface area contributed by atoms with Gasteiger partial charge < -0.3 is 14.2 Å². The predicted molar refractivity (Wildman–Crippen MR) is 161 cm³/mol. The Labute approximate surface area is 245 Å². The summed E-state index contributed by atoms with van der Waals surface area (Å²) in [5.74, 6) is 3.33. The Morgan fingerprint density at radius 3 is 2.55 bits per heavy atom. The molecule has 1 aliphatic rings. The first-order chi connectivity index (χ1) is 19.2. The fourth-order valence-corrected chi connectivity index (χ4v) is 6.13. The molecule has 3 aromatic rings. The number of terminal acetylenes is 1. The van der Waals surface area contributed by atoms with Gasteiger partial charge in [0.25, 0.3) is 5.56 Å². The smallest absolute Gasteiger partial charge is 0.338 e. The van der Waals surface area contributed by atoms with Gasteiger partial charge in [-0.3, -0.25) is 9.36 Å². The summed E-state index contributed by atoms with van der Waals surface area (Å²) in [7, 11) is 0. The summed E-state index contributed by atoms with van der Waals surface area (Å²) in [6.07, 6.45) is 7.14. The van der Waals surface area contributed by atoms with Gasteiger partial charge in [-0.2, -0.15) is 0 Å². The van der Waals surface area contributed by atoms with Gasteiger partial charge in [0.15, 0.2) is 16.3 Å². The number of benzene rings is 2. The number of aromatic nitrogens is 1. The first-order valence-electron chi connectivity index (χ1n) is 13.0. The Bertz CT molecular complexity index is 1680. The molecule has 0 radical (unpaired) electrons. The molecular weight excluding hydrogens is 592 g/mol. The molecule has 0 saturated carbocycles. The van der Waals surface area contributed by atoms with Crippen molar-refractivity contribution in [3.8, 4) is 23.8 Å². The Kier molecular flexibility index (Phi) is 9.33. The normalized spacial score (nSPS) is 14.9. The molecule has 1 aliphatic heterocycles. The topological polar surface area (TPSA) is 79.1 Å². The Balaban J connectivity index is 1.90. The van der Waals surface area contributed by atoms with Gasteiger partial charge in [-0.15, -0.1) is 6.42 Å². The van der Waals surface area contributed by atoms with E-state index in [4.69, 9.17) is 20.6 Å². The fraction of sp³-hybridized carbons (Fsp3) is 0.323. The highest BCUT2D eigenvalue weighted by Crippen LogP contribution is 2.37. The molecule has 0 amide bonds. The van der Waals surface area contributed by atoms with Crippen molar-refractivity contribution in [3.63, 3.8) is 0 Å². The van der Waals surface area contributed by atoms with Crippen LogP contribution < -0.4 is 24.4 Å². The maximum absolute atomic E-state index is 13.9. The fourth-order valence-electron chi connectivity index (χ4n) is 4.51. The molecule has 7 nitrogen and oxygen atoms in total. The van der Waals surface area contributed by atoms with Crippen molar-refractivity contribution in [1.82, 2.24) is 4.57 Å². The number of carbonyl (C=O) groups is 1. The van der Waals surface area contributed by atoms with E-state index in [-0.39, 0.29) is 18.8 Å². The summed E-state index contributed by atoms with van der Waals surface area (Å²) in [5.41, 5.74) is 3.34. The largest absolute Gasteiger partial charge is 0.490 e. The lowest BCUT2D eigenvalue weighted by atomic mass is 9.93. The third-order valence-electron chi connectivity index (χ3n) is 6.37. The molecule has 208 valence electrons. The highest BCUT2D eigenvalue weighted by molar-refractivity contribution is 9.10. The zero-order chi connectivity index (χ0) is 29.0. The molecule has 0 aliphatic carbocycles. The van der Waals surface area contributed by atoms with Crippen LogP contribution in [0.1, 0.15) is 63.3 Å². The number of thiazole rings is 1. The summed E-state index contributed by atoms with van der Waals surface area (Å²) >= 11 is 4.80. The number of rotatable bonds is 9. The second-order valence-electron chi connectivity index (χ2n) is 9.38. The number of nitrogens with zero attached hydrogens (tertiary/aromatic N) is 2. The summed E-state index contributed by atoms with van der Waals surface area (Å²) < 4.78 is 19.5. The maximum Gasteiger partial charge on any atom is 0.338 e. The molecule has 40 heavy (non-hydrogen) atoms. The van der Waals surface area contributed by atoms with Crippen LogP contribution in [0.15, 0.2) is 61.9 Å². The molecule has 0 unspecified atom stereocenters. The molecule has 0 saturated heterocycles. The van der Waals surface area contributed by atoms with E-state index < -0.39 is 12.0 Å². The van der Waals surface area contributed by atoms with Crippen molar-refractivity contribution in [3.05, 3.63) is 88.5 Å². The predicted octanol–water partition coefficient (Wildman–Crippen LogP) is 5.09. The van der Waals surface area contributed by atoms with Crippen LogP contribution in [0, 0.1) is 12.3 Å². The molecule has 0 N–H and O–H groups in total. The van der Waals surface area contributed by atoms with Gasteiger partial charge in [-0.1, -0.05) is 55.4 Å². The average molecular weight is 624 g/mol. The summed E-state index contributed by atoms with van der Waals surface area (Å²) in [6, 6.07) is 11.0. The van der Waals surface area contributed by atoms with Crippen LogP contribution in [0.4, 0.5) is 0 Å². The molecule has 1 aromatic heterocycles. The van der Waals surface area contributed by atoms with Gasteiger partial charge in [-0.25, -0.2) is 9.79 Å². The minimum Gasteiger partial charge on any atom is -0.490 e. The zero-order valence-electron chi connectivity index (χ0n) is 23.1. The van der Waals surface area contributed by atoms with Crippen LogP contribution in [0.2, 0.25) is 0 Å². The highest BCUT2D eigenvalue weighted by Gasteiger charge is 2.33. The molecule has 0 bridgehead atoms. The molecule has 1 atom stereocenters. The third kappa shape index (κ3) is 5.93. The summed E-state index contributed by atoms with van der Waals surface area (Å²) in [4.78, 5) is 32.2. The first kappa shape index (κ1) is 29.4. The standard InChI is InChI=1S/C31H31BrN2O5S/c1-7-14-39-28-23(32)15-20(16-24(28)37-8-2)17-25-29(35)34-27(22-12-10-21(11-13-22)18(4)5)26(30(36)38-9-3)19(6)33-31(34)40-25/h1,10-13,15-18,27H,8-9,14H2,2-6H3/t27-/m0/s1. The van der Waals surface area contributed by atoms with Gasteiger partial charge in [0.1, 0.15) is 6.61 Å². The number of esters is 1. The van der Waals surface area contributed by atoms with Crippen molar-refractivity contribution in [1.29, 1.82) is 0 Å². The van der Waals surface area contributed by atoms with Crippen LogP contribution >= 0.6 is 27.3 Å². The molecule has 2 aromatic carbocycles. The maximum atomic E-state index is 13.9. The van der Waals surface area contributed by atoms with Crippen LogP contribution in [-0.2, 0) is 9.53 Å². The van der Waals surface area contributed by atoms with E-state index >= 15 is 0 Å². The van der Waals surface area contributed by atoms with E-state index in [1.54, 1.807) is 30.6 Å². The quantitative estimate of drug-likeness (QED) is 0.245. The number of hydrogen-bond donors (Lipinski definition) is 0. The van der Waals surface area contributed by atoms with E-state index in [9.17, 15) is 9.59 Å². The third-order valence-corrected chi connectivity index (χ3v) is 7.94. The highest BCUT2D eigenvalue weighted by atomic mass is 79.9. The second kappa shape index (κ2) is 12.7. The molecule has 9 heteroatoms. The van der Waals surface area contributed by atoms with E-state index in [0.717, 1.165) is 11.1 Å². The van der Waals surface area contributed by atoms with Gasteiger partial charge in [0.05, 0.1) is 39.5 Å². The average Bonchev–Trinajstić information content (AvgIpc) is 3.21. The SMILES string of the molecule is C#CCOc1c(Br)cc(C=c2sc3n(c2=O)[C@@H](c2ccc(C(C)C)cc2)C(C(=O)OCC)=C(C)N=3)cc1OCC. The molecule has 0 spiro atoms. The van der Waals surface area contributed by atoms with Gasteiger partial charge in [-0.05, 0) is 77.5 Å². The summed E-state index contributed by atoms with van der Waals surface area (Å²) in [6.45, 7) is 10.4. The lowest BCUT2D eigenvalue weighted by Gasteiger charge is -2.25. The lowest BCUT2D eigenvalue weighted by Crippen LogP contribution is -2.39.